The molecule has 1 heterocycles. The van der Waals surface area contributed by atoms with Crippen LogP contribution >= 0.6 is 0 Å². The number of Topliss-reactive ketones (excluding diaryl/α,β-unsaturated/α-hetero) is 1. The number of fused-ring (bicyclic) bond motifs is 1. The summed E-state index contributed by atoms with van der Waals surface area (Å²) in [7, 11) is 3.02. The first-order valence-corrected chi connectivity index (χ1v) is 17.0. The van der Waals surface area contributed by atoms with Crippen LogP contribution in [-0.2, 0) is 37.0 Å². The van der Waals surface area contributed by atoms with Crippen LogP contribution in [0.5, 0.6) is 23.0 Å². The van der Waals surface area contributed by atoms with Crippen molar-refractivity contribution >= 4 is 16.6 Å². The fourth-order valence-electron chi connectivity index (χ4n) is 6.61. The van der Waals surface area contributed by atoms with Crippen LogP contribution in [0.15, 0.2) is 91.3 Å². The van der Waals surface area contributed by atoms with E-state index in [0.717, 1.165) is 52.5 Å². The minimum Gasteiger partial charge on any atom is -0.504 e. The topological polar surface area (TPSA) is 124 Å². The molecule has 0 aliphatic carbocycles. The van der Waals surface area contributed by atoms with E-state index in [4.69, 9.17) is 9.47 Å². The number of nitrogens with one attached hydrogen (secondary N) is 2. The van der Waals surface area contributed by atoms with Crippen molar-refractivity contribution in [3.05, 3.63) is 119 Å². The number of H-pyrrole nitrogens is 1. The maximum absolute atomic E-state index is 14.3. The van der Waals surface area contributed by atoms with Crippen molar-refractivity contribution in [2.75, 3.05) is 20.8 Å². The molecule has 258 valence electrons. The van der Waals surface area contributed by atoms with Crippen LogP contribution in [0.25, 0.3) is 10.8 Å². The number of phenols is 2. The molecule has 0 bridgehead atoms. The van der Waals surface area contributed by atoms with E-state index in [1.165, 1.54) is 19.8 Å². The number of phenolic OH excluding ortho intramolecular Hbond substituents is 2. The second kappa shape index (κ2) is 17.0. The van der Waals surface area contributed by atoms with Gasteiger partial charge in [0.15, 0.2) is 23.0 Å². The predicted octanol–water partition coefficient (Wildman–Crippen LogP) is 6.92. The van der Waals surface area contributed by atoms with E-state index in [0.29, 0.717) is 37.2 Å². The Morgan fingerprint density at radius 3 is 2.06 bits per heavy atom. The lowest BCUT2D eigenvalue weighted by atomic mass is 9.82. The van der Waals surface area contributed by atoms with Gasteiger partial charge in [-0.15, -0.1) is 0 Å². The Morgan fingerprint density at radius 1 is 0.796 bits per heavy atom. The molecule has 0 saturated heterocycles. The smallest absolute Gasteiger partial charge is 0.160 e. The van der Waals surface area contributed by atoms with Crippen molar-refractivity contribution in [2.24, 2.45) is 11.8 Å². The summed E-state index contributed by atoms with van der Waals surface area (Å²) < 4.78 is 10.7. The first-order valence-electron chi connectivity index (χ1n) is 17.0. The molecule has 5 rings (SSSR count). The van der Waals surface area contributed by atoms with Gasteiger partial charge in [0.1, 0.15) is 5.78 Å². The summed E-state index contributed by atoms with van der Waals surface area (Å²) in [5, 5.41) is 37.9. The summed E-state index contributed by atoms with van der Waals surface area (Å²) in [6.07, 6.45) is 5.89. The van der Waals surface area contributed by atoms with E-state index in [9.17, 15) is 20.1 Å². The molecule has 4 aromatic carbocycles. The van der Waals surface area contributed by atoms with E-state index < -0.39 is 12.0 Å². The summed E-state index contributed by atoms with van der Waals surface area (Å²) in [5.41, 5.74) is 5.07. The highest BCUT2D eigenvalue weighted by atomic mass is 16.5. The highest BCUT2D eigenvalue weighted by Crippen LogP contribution is 2.32. The zero-order valence-electron chi connectivity index (χ0n) is 28.6. The minimum atomic E-state index is -0.910. The number of aliphatic hydroxyl groups is 1. The highest BCUT2D eigenvalue weighted by Gasteiger charge is 2.28. The summed E-state index contributed by atoms with van der Waals surface area (Å²) in [6.45, 7) is 3.86. The third-order valence-electron chi connectivity index (χ3n) is 9.30. The van der Waals surface area contributed by atoms with Crippen LogP contribution in [-0.4, -0.2) is 53.0 Å². The fraction of sp³-hybridized carbons (Fsp3) is 0.341. The molecule has 8 heteroatoms. The Morgan fingerprint density at radius 2 is 1.43 bits per heavy atom. The van der Waals surface area contributed by atoms with Gasteiger partial charge in [-0.3, -0.25) is 4.79 Å². The average Bonchev–Trinajstić information content (AvgIpc) is 3.62. The van der Waals surface area contributed by atoms with Gasteiger partial charge in [-0.25, -0.2) is 0 Å². The van der Waals surface area contributed by atoms with E-state index in [1.807, 2.05) is 30.6 Å². The van der Waals surface area contributed by atoms with Crippen LogP contribution in [0.2, 0.25) is 0 Å². The number of aromatic amines is 1. The van der Waals surface area contributed by atoms with Crippen molar-refractivity contribution < 1.29 is 29.6 Å². The van der Waals surface area contributed by atoms with E-state index in [2.05, 4.69) is 53.6 Å². The summed E-state index contributed by atoms with van der Waals surface area (Å²) >= 11 is 0. The van der Waals surface area contributed by atoms with Crippen molar-refractivity contribution in [3.8, 4) is 23.0 Å². The monoisotopic (exact) mass is 664 g/mol. The summed E-state index contributed by atoms with van der Waals surface area (Å²) in [5.74, 6) is 0.107. The molecule has 3 atom stereocenters. The first-order chi connectivity index (χ1) is 23.8. The van der Waals surface area contributed by atoms with Crippen molar-refractivity contribution in [1.29, 1.82) is 0 Å². The van der Waals surface area contributed by atoms with Gasteiger partial charge in [-0.2, -0.15) is 0 Å². The van der Waals surface area contributed by atoms with Gasteiger partial charge in [-0.1, -0.05) is 55.5 Å². The maximum Gasteiger partial charge on any atom is 0.160 e. The zero-order valence-corrected chi connectivity index (χ0v) is 28.6. The maximum atomic E-state index is 14.3. The fourth-order valence-corrected chi connectivity index (χ4v) is 6.61. The number of rotatable bonds is 18. The number of benzene rings is 4. The zero-order chi connectivity index (χ0) is 34.8. The molecule has 0 fully saturated rings. The van der Waals surface area contributed by atoms with Crippen LogP contribution in [0.1, 0.15) is 47.6 Å². The predicted molar refractivity (Wildman–Crippen MR) is 193 cm³/mol. The number of aliphatic hydroxyl groups excluding tert-OH is 1. The number of methoxy groups -OCH3 is 2. The molecular formula is C41H48N2O6. The number of aromatic hydroxyl groups is 2. The Balaban J connectivity index is 1.42. The Hall–Kier alpha value is -4.79. The SMILES string of the molecule is CCCNCc1cccc2ccc(C[C@@H](Cc3ccc(O)c(OC)c3)C(=O)C[C@@H](O)[C@H](Cc3cc[nH]c3)Cc3ccc(O)c(OC)c3)cc12. The Kier molecular flexibility index (Phi) is 12.4. The first kappa shape index (κ1) is 35.5. The highest BCUT2D eigenvalue weighted by molar-refractivity contribution is 5.87. The van der Waals surface area contributed by atoms with Gasteiger partial charge in [0.2, 0.25) is 0 Å². The number of carbonyl (C=O) groups is 1. The summed E-state index contributed by atoms with van der Waals surface area (Å²) in [6, 6.07) is 25.1. The minimum absolute atomic E-state index is 0.00996. The van der Waals surface area contributed by atoms with Crippen molar-refractivity contribution in [1.82, 2.24) is 10.3 Å². The average molecular weight is 665 g/mol. The van der Waals surface area contributed by atoms with Crippen LogP contribution < -0.4 is 14.8 Å². The van der Waals surface area contributed by atoms with Crippen molar-refractivity contribution in [3.63, 3.8) is 0 Å². The Labute approximate surface area is 288 Å². The molecule has 0 unspecified atom stereocenters. The van der Waals surface area contributed by atoms with E-state index in [-0.39, 0.29) is 29.6 Å². The third-order valence-corrected chi connectivity index (χ3v) is 9.30. The molecule has 8 nitrogen and oxygen atoms in total. The number of ketones is 1. The lowest BCUT2D eigenvalue weighted by Crippen LogP contribution is -2.31. The van der Waals surface area contributed by atoms with E-state index >= 15 is 0 Å². The normalized spacial score (nSPS) is 13.2. The number of aromatic nitrogens is 1. The molecule has 0 aliphatic rings. The number of hydrogen-bond acceptors (Lipinski definition) is 7. The van der Waals surface area contributed by atoms with Gasteiger partial charge in [0.05, 0.1) is 20.3 Å². The molecule has 49 heavy (non-hydrogen) atoms. The van der Waals surface area contributed by atoms with Crippen molar-refractivity contribution in [2.45, 2.75) is 58.1 Å². The van der Waals surface area contributed by atoms with Gasteiger partial charge in [0, 0.05) is 31.3 Å². The van der Waals surface area contributed by atoms with Gasteiger partial charge in [-0.05, 0) is 113 Å². The lowest BCUT2D eigenvalue weighted by molar-refractivity contribution is -0.125. The third kappa shape index (κ3) is 9.43. The quantitative estimate of drug-likeness (QED) is 0.0645. The largest absolute Gasteiger partial charge is 0.504 e. The van der Waals surface area contributed by atoms with Gasteiger partial charge >= 0.3 is 0 Å². The summed E-state index contributed by atoms with van der Waals surface area (Å²) in [4.78, 5) is 17.4. The molecule has 0 radical (unpaired) electrons. The van der Waals surface area contributed by atoms with Crippen LogP contribution in [0, 0.1) is 11.8 Å². The molecule has 0 aliphatic heterocycles. The van der Waals surface area contributed by atoms with Crippen LogP contribution in [0.4, 0.5) is 0 Å². The lowest BCUT2D eigenvalue weighted by Gasteiger charge is -2.25. The molecular weight excluding hydrogens is 616 g/mol. The number of carbonyl (C=O) groups excluding carboxylic acids is 1. The standard InChI is InChI=1S/C41H48N2O6/c1-4-15-42-26-32-7-5-6-31-11-8-27(21-35(31)32)17-33(18-28-9-12-36(44)40(22-28)48-2)38(46)24-39(47)34(20-30-14-16-43-25-30)19-29-10-13-37(45)41(23-29)49-3/h5-14,16,21-23,25,33-34,39,42-45,47H,4,15,17-20,24,26H2,1-3H3/t33-,34-,39+/m0/s1. The number of ether oxygens (including phenoxy) is 2. The van der Waals surface area contributed by atoms with Crippen LogP contribution in [0.3, 0.4) is 0 Å². The molecule has 0 saturated carbocycles. The second-order valence-electron chi connectivity index (χ2n) is 12.9. The van der Waals surface area contributed by atoms with Gasteiger partial charge < -0.3 is 35.1 Å². The molecule has 0 spiro atoms. The van der Waals surface area contributed by atoms with Gasteiger partial charge in [0.25, 0.3) is 0 Å². The second-order valence-corrected chi connectivity index (χ2v) is 12.9. The number of hydrogen-bond donors (Lipinski definition) is 5. The Bertz CT molecular complexity index is 1820. The molecule has 1 aromatic heterocycles. The molecule has 5 aromatic rings. The van der Waals surface area contributed by atoms with E-state index in [1.54, 1.807) is 24.3 Å². The molecule has 0 amide bonds. The molecule has 5 N–H and O–H groups in total.